The molecule has 0 aromatic heterocycles. The minimum atomic E-state index is -0.798. The largest absolute Gasteiger partial charge is 0.493 e. The maximum Gasteiger partial charge on any atom is 0.341 e. The molecule has 0 radical (unpaired) electrons. The minimum Gasteiger partial charge on any atom is -0.493 e. The van der Waals surface area contributed by atoms with E-state index in [9.17, 15) is 9.59 Å². The Bertz CT molecular complexity index is 635. The van der Waals surface area contributed by atoms with E-state index in [4.69, 9.17) is 14.2 Å². The van der Waals surface area contributed by atoms with Crippen LogP contribution in [-0.4, -0.2) is 37.3 Å². The second kappa shape index (κ2) is 10.3. The molecule has 6 nitrogen and oxygen atoms in total. The van der Waals surface area contributed by atoms with Crippen LogP contribution in [0.15, 0.2) is 18.2 Å². The van der Waals surface area contributed by atoms with Crippen LogP contribution in [0.3, 0.4) is 0 Å². The highest BCUT2D eigenvalue weighted by atomic mass is 16.5. The maximum absolute atomic E-state index is 13.1. The van der Waals surface area contributed by atoms with Crippen molar-refractivity contribution in [1.82, 2.24) is 0 Å². The monoisotopic (exact) mass is 377 g/mol. The number of anilines is 1. The van der Waals surface area contributed by atoms with Gasteiger partial charge in [-0.2, -0.15) is 0 Å². The van der Waals surface area contributed by atoms with Crippen LogP contribution >= 0.6 is 0 Å². The van der Waals surface area contributed by atoms with Crippen molar-refractivity contribution in [3.63, 3.8) is 0 Å². The van der Waals surface area contributed by atoms with Gasteiger partial charge in [0.2, 0.25) is 0 Å². The third-order valence-electron chi connectivity index (χ3n) is 4.78. The van der Waals surface area contributed by atoms with E-state index in [1.807, 2.05) is 13.8 Å². The lowest BCUT2D eigenvalue weighted by atomic mass is 9.92. The van der Waals surface area contributed by atoms with Crippen molar-refractivity contribution in [3.8, 4) is 5.75 Å². The molecule has 0 spiro atoms. The predicted molar refractivity (Wildman–Crippen MR) is 104 cm³/mol. The highest BCUT2D eigenvalue weighted by Gasteiger charge is 2.39. The summed E-state index contributed by atoms with van der Waals surface area (Å²) in [7, 11) is 0. The number of nitrogens with one attached hydrogen (secondary N) is 1. The van der Waals surface area contributed by atoms with Gasteiger partial charge in [0.25, 0.3) is 5.91 Å². The van der Waals surface area contributed by atoms with Crippen LogP contribution in [0, 0.1) is 0 Å². The molecule has 150 valence electrons. The van der Waals surface area contributed by atoms with E-state index >= 15 is 0 Å². The molecule has 1 N–H and O–H groups in total. The summed E-state index contributed by atoms with van der Waals surface area (Å²) in [6.45, 7) is 6.71. The summed E-state index contributed by atoms with van der Waals surface area (Å²) in [4.78, 5) is 25.3. The molecule has 27 heavy (non-hydrogen) atoms. The van der Waals surface area contributed by atoms with Crippen LogP contribution in [0.2, 0.25) is 0 Å². The number of hydrogen-bond acceptors (Lipinski definition) is 5. The van der Waals surface area contributed by atoms with Gasteiger partial charge in [-0.3, -0.25) is 4.79 Å². The first-order chi connectivity index (χ1) is 13.1. The summed E-state index contributed by atoms with van der Waals surface area (Å²) in [5.41, 5.74) is 0.0474. The third kappa shape index (κ3) is 5.45. The number of benzene rings is 1. The molecule has 1 aromatic carbocycles. The number of ether oxygens (including phenoxy) is 3. The average Bonchev–Trinajstić information content (AvgIpc) is 2.90. The van der Waals surface area contributed by atoms with Crippen molar-refractivity contribution in [3.05, 3.63) is 23.8 Å². The number of esters is 1. The summed E-state index contributed by atoms with van der Waals surface area (Å²) >= 11 is 0. The number of rotatable bonds is 8. The first-order valence-electron chi connectivity index (χ1n) is 9.95. The highest BCUT2D eigenvalue weighted by Crippen LogP contribution is 2.32. The Morgan fingerprint density at radius 2 is 1.70 bits per heavy atom. The fourth-order valence-electron chi connectivity index (χ4n) is 3.52. The third-order valence-corrected chi connectivity index (χ3v) is 4.78. The van der Waals surface area contributed by atoms with E-state index in [0.29, 0.717) is 43.1 Å². The van der Waals surface area contributed by atoms with Crippen LogP contribution < -0.4 is 10.1 Å². The van der Waals surface area contributed by atoms with Crippen molar-refractivity contribution in [2.75, 3.05) is 25.1 Å². The molecule has 0 bridgehead atoms. The van der Waals surface area contributed by atoms with Crippen LogP contribution in [0.1, 0.15) is 69.7 Å². The van der Waals surface area contributed by atoms with Crippen molar-refractivity contribution >= 4 is 17.6 Å². The Morgan fingerprint density at radius 1 is 1.00 bits per heavy atom. The van der Waals surface area contributed by atoms with Crippen molar-refractivity contribution < 1.29 is 23.8 Å². The standard InChI is InChI=1S/C21H31NO5/c1-4-25-18-12-11-16(15-17(18)19(23)26-5-2)22-20(24)21(27-6-3)13-9-7-8-10-14-21/h11-12,15H,4-10,13-14H2,1-3H3,(H,22,24). The number of carbonyl (C=O) groups is 2. The zero-order chi connectivity index (χ0) is 19.7. The fourth-order valence-corrected chi connectivity index (χ4v) is 3.52. The summed E-state index contributed by atoms with van der Waals surface area (Å²) < 4.78 is 16.6. The normalized spacial score (nSPS) is 16.3. The van der Waals surface area contributed by atoms with Gasteiger partial charge in [0.15, 0.2) is 0 Å². The van der Waals surface area contributed by atoms with E-state index in [1.165, 1.54) is 0 Å². The number of amides is 1. The van der Waals surface area contributed by atoms with Gasteiger partial charge in [0.05, 0.1) is 13.2 Å². The first-order valence-corrected chi connectivity index (χ1v) is 9.95. The molecule has 1 amide bonds. The molecular formula is C21H31NO5. The van der Waals surface area contributed by atoms with Crippen molar-refractivity contribution in [2.24, 2.45) is 0 Å². The van der Waals surface area contributed by atoms with Gasteiger partial charge >= 0.3 is 5.97 Å². The SMILES string of the molecule is CCOC(=O)c1cc(NC(=O)C2(OCC)CCCCCC2)ccc1OCC. The Morgan fingerprint density at radius 3 is 2.30 bits per heavy atom. The van der Waals surface area contributed by atoms with Gasteiger partial charge in [0.1, 0.15) is 16.9 Å². The van der Waals surface area contributed by atoms with Gasteiger partial charge in [-0.15, -0.1) is 0 Å². The molecule has 0 heterocycles. The second-order valence-electron chi connectivity index (χ2n) is 6.66. The van der Waals surface area contributed by atoms with Crippen molar-refractivity contribution in [1.29, 1.82) is 0 Å². The molecule has 0 atom stereocenters. The smallest absolute Gasteiger partial charge is 0.341 e. The summed E-state index contributed by atoms with van der Waals surface area (Å²) in [5, 5.41) is 2.94. The molecular weight excluding hydrogens is 346 g/mol. The van der Waals surface area contributed by atoms with Crippen molar-refractivity contribution in [2.45, 2.75) is 64.9 Å². The molecule has 1 saturated carbocycles. The fraction of sp³-hybridized carbons (Fsp3) is 0.619. The number of hydrogen-bond donors (Lipinski definition) is 1. The zero-order valence-corrected chi connectivity index (χ0v) is 16.6. The lowest BCUT2D eigenvalue weighted by molar-refractivity contribution is -0.143. The van der Waals surface area contributed by atoms with Gasteiger partial charge in [0, 0.05) is 12.3 Å². The molecule has 1 aliphatic carbocycles. The zero-order valence-electron chi connectivity index (χ0n) is 16.6. The molecule has 1 aromatic rings. The first kappa shape index (κ1) is 21.2. The van der Waals surface area contributed by atoms with Crippen LogP contribution in [0.4, 0.5) is 5.69 Å². The van der Waals surface area contributed by atoms with Crippen LogP contribution in [-0.2, 0) is 14.3 Å². The molecule has 1 fully saturated rings. The number of carbonyl (C=O) groups excluding carboxylic acids is 2. The lowest BCUT2D eigenvalue weighted by Gasteiger charge is -2.31. The van der Waals surface area contributed by atoms with Gasteiger partial charge in [-0.1, -0.05) is 25.7 Å². The average molecular weight is 377 g/mol. The van der Waals surface area contributed by atoms with E-state index in [1.54, 1.807) is 25.1 Å². The van der Waals surface area contributed by atoms with Gasteiger partial charge in [-0.25, -0.2) is 4.79 Å². The van der Waals surface area contributed by atoms with Gasteiger partial charge in [-0.05, 0) is 51.8 Å². The van der Waals surface area contributed by atoms with E-state index < -0.39 is 11.6 Å². The van der Waals surface area contributed by atoms with Gasteiger partial charge < -0.3 is 19.5 Å². The topological polar surface area (TPSA) is 73.9 Å². The summed E-state index contributed by atoms with van der Waals surface area (Å²) in [6.07, 6.45) is 5.63. The van der Waals surface area contributed by atoms with Crippen LogP contribution in [0.5, 0.6) is 5.75 Å². The molecule has 6 heteroatoms. The molecule has 0 unspecified atom stereocenters. The Kier molecular flexibility index (Phi) is 8.10. The summed E-state index contributed by atoms with van der Waals surface area (Å²) in [5.74, 6) is -0.167. The Labute approximate surface area is 161 Å². The van der Waals surface area contributed by atoms with E-state index in [0.717, 1.165) is 25.7 Å². The van der Waals surface area contributed by atoms with Crippen LogP contribution in [0.25, 0.3) is 0 Å². The quantitative estimate of drug-likeness (QED) is 0.539. The maximum atomic E-state index is 13.1. The Balaban J connectivity index is 2.24. The Hall–Kier alpha value is -2.08. The molecule has 2 rings (SSSR count). The predicted octanol–water partition coefficient (Wildman–Crippen LogP) is 4.33. The second-order valence-corrected chi connectivity index (χ2v) is 6.66. The van der Waals surface area contributed by atoms with E-state index in [2.05, 4.69) is 5.32 Å². The molecule has 1 aliphatic rings. The minimum absolute atomic E-state index is 0.148. The van der Waals surface area contributed by atoms with E-state index in [-0.39, 0.29) is 12.5 Å². The molecule has 0 aliphatic heterocycles. The molecule has 0 saturated heterocycles. The summed E-state index contributed by atoms with van der Waals surface area (Å²) in [6, 6.07) is 5.03. The highest BCUT2D eigenvalue weighted by molar-refractivity contribution is 5.99. The lowest BCUT2D eigenvalue weighted by Crippen LogP contribution is -2.45.